The zero-order valence-electron chi connectivity index (χ0n) is 6.82. The van der Waals surface area contributed by atoms with E-state index in [2.05, 4.69) is 5.92 Å². The third-order valence-electron chi connectivity index (χ3n) is 1.41. The number of hydrogen-bond donors (Lipinski definition) is 1. The molecule has 0 saturated heterocycles. The Morgan fingerprint density at radius 1 is 1.82 bits per heavy atom. The lowest BCUT2D eigenvalue weighted by atomic mass is 10.1. The smallest absolute Gasteiger partial charge is 0.210 e. The second-order valence-electron chi connectivity index (χ2n) is 2.54. The summed E-state index contributed by atoms with van der Waals surface area (Å²) in [5.41, 5.74) is 0. The molecular weight excluding hydrogens is 142 g/mol. The number of hydrogen-bond acceptors (Lipinski definition) is 2. The quantitative estimate of drug-likeness (QED) is 0.453. The summed E-state index contributed by atoms with van der Waals surface area (Å²) in [6, 6.07) is -0.299. The molecule has 0 heterocycles. The van der Waals surface area contributed by atoms with E-state index < -0.39 is 6.10 Å². The van der Waals surface area contributed by atoms with Crippen LogP contribution in [-0.2, 0) is 4.79 Å². The molecule has 1 N–H and O–H groups in total. The predicted molar refractivity (Wildman–Crippen MR) is 42.7 cm³/mol. The lowest BCUT2D eigenvalue weighted by molar-refractivity contribution is -0.118. The van der Waals surface area contributed by atoms with Crippen LogP contribution in [0.15, 0.2) is 0 Å². The van der Waals surface area contributed by atoms with Gasteiger partial charge in [0.2, 0.25) is 6.41 Å². The van der Waals surface area contributed by atoms with E-state index in [1.165, 1.54) is 4.90 Å². The van der Waals surface area contributed by atoms with E-state index in [0.717, 1.165) is 0 Å². The van der Waals surface area contributed by atoms with E-state index in [0.29, 0.717) is 12.8 Å². The number of amides is 1. The first-order chi connectivity index (χ1) is 5.11. The molecule has 2 atom stereocenters. The first-order valence-corrected chi connectivity index (χ1v) is 3.43. The minimum Gasteiger partial charge on any atom is -0.393 e. The Balaban J connectivity index is 3.97. The van der Waals surface area contributed by atoms with Gasteiger partial charge in [-0.1, -0.05) is 5.92 Å². The number of rotatable bonds is 4. The van der Waals surface area contributed by atoms with Gasteiger partial charge in [-0.15, -0.1) is 6.42 Å². The van der Waals surface area contributed by atoms with Gasteiger partial charge in [-0.3, -0.25) is 4.79 Å². The van der Waals surface area contributed by atoms with Crippen LogP contribution in [-0.4, -0.2) is 35.6 Å². The lowest BCUT2D eigenvalue weighted by Crippen LogP contribution is -2.31. The third-order valence-corrected chi connectivity index (χ3v) is 1.41. The van der Waals surface area contributed by atoms with E-state index in [9.17, 15) is 4.79 Å². The van der Waals surface area contributed by atoms with E-state index >= 15 is 0 Å². The summed E-state index contributed by atoms with van der Waals surface area (Å²) in [6.07, 6.45) is 5.74. The maximum Gasteiger partial charge on any atom is 0.210 e. The Kier molecular flexibility index (Phi) is 4.32. The molecule has 0 radical (unpaired) electrons. The zero-order valence-corrected chi connectivity index (χ0v) is 6.82. The van der Waals surface area contributed by atoms with Gasteiger partial charge in [0.25, 0.3) is 0 Å². The molecule has 1 amide bonds. The molecule has 3 heteroatoms. The molecule has 3 nitrogen and oxygen atoms in total. The van der Waals surface area contributed by atoms with Crippen LogP contribution >= 0.6 is 0 Å². The van der Waals surface area contributed by atoms with Gasteiger partial charge < -0.3 is 10.0 Å². The molecule has 0 aliphatic heterocycles. The van der Waals surface area contributed by atoms with Crippen molar-refractivity contribution in [2.75, 3.05) is 7.05 Å². The summed E-state index contributed by atoms with van der Waals surface area (Å²) in [6.45, 7) is 1.64. The Morgan fingerprint density at radius 2 is 2.36 bits per heavy atom. The molecule has 0 bridgehead atoms. The minimum absolute atomic E-state index is 0.299. The Morgan fingerprint density at radius 3 is 2.64 bits per heavy atom. The van der Waals surface area contributed by atoms with Crippen LogP contribution in [0, 0.1) is 12.3 Å². The Hall–Kier alpha value is -1.01. The molecule has 11 heavy (non-hydrogen) atoms. The highest BCUT2D eigenvalue weighted by Crippen LogP contribution is 2.01. The first-order valence-electron chi connectivity index (χ1n) is 3.43. The van der Waals surface area contributed by atoms with Crippen molar-refractivity contribution in [2.24, 2.45) is 0 Å². The summed E-state index contributed by atoms with van der Waals surface area (Å²) in [5, 5.41) is 8.96. The summed E-state index contributed by atoms with van der Waals surface area (Å²) in [4.78, 5) is 11.6. The van der Waals surface area contributed by atoms with Crippen molar-refractivity contribution in [3.05, 3.63) is 0 Å². The number of terminal acetylenes is 1. The van der Waals surface area contributed by atoms with Crippen molar-refractivity contribution in [2.45, 2.75) is 25.5 Å². The highest BCUT2D eigenvalue weighted by molar-refractivity contribution is 5.48. The first kappa shape index (κ1) is 9.99. The molecule has 0 saturated carbocycles. The molecule has 0 spiro atoms. The van der Waals surface area contributed by atoms with Crippen molar-refractivity contribution >= 4 is 6.41 Å². The normalized spacial score (nSPS) is 14.7. The van der Waals surface area contributed by atoms with E-state index in [1.807, 2.05) is 0 Å². The maximum absolute atomic E-state index is 10.2. The van der Waals surface area contributed by atoms with Gasteiger partial charge in [-0.2, -0.15) is 0 Å². The molecule has 0 unspecified atom stereocenters. The summed E-state index contributed by atoms with van der Waals surface area (Å²) in [7, 11) is 1.60. The average molecular weight is 155 g/mol. The molecule has 0 rings (SSSR count). The fourth-order valence-electron chi connectivity index (χ4n) is 0.748. The van der Waals surface area contributed by atoms with Crippen LogP contribution in [0.25, 0.3) is 0 Å². The van der Waals surface area contributed by atoms with Crippen molar-refractivity contribution in [3.63, 3.8) is 0 Å². The molecule has 0 aromatic heterocycles. The van der Waals surface area contributed by atoms with Crippen molar-refractivity contribution in [1.82, 2.24) is 4.90 Å². The molecule has 0 aromatic carbocycles. The zero-order chi connectivity index (χ0) is 8.85. The molecular formula is C8H13NO2. The standard InChI is InChI=1S/C8H13NO2/c1-4-8(5-7(2)11)9(3)6-10/h1,6-8,11H,5H2,2-3H3/t7-,8-/m1/s1. The summed E-state index contributed by atoms with van der Waals surface area (Å²) >= 11 is 0. The average Bonchev–Trinajstić information content (AvgIpc) is 1.98. The maximum atomic E-state index is 10.2. The van der Waals surface area contributed by atoms with Gasteiger partial charge in [0.15, 0.2) is 0 Å². The Bertz CT molecular complexity index is 160. The fourth-order valence-corrected chi connectivity index (χ4v) is 0.748. The highest BCUT2D eigenvalue weighted by Gasteiger charge is 2.11. The fraction of sp³-hybridized carbons (Fsp3) is 0.625. The van der Waals surface area contributed by atoms with Crippen LogP contribution in [0.2, 0.25) is 0 Å². The van der Waals surface area contributed by atoms with Gasteiger partial charge in [-0.25, -0.2) is 0 Å². The number of aliphatic hydroxyl groups excluding tert-OH is 1. The molecule has 0 aromatic rings. The number of carbonyl (C=O) groups excluding carboxylic acids is 1. The van der Waals surface area contributed by atoms with Gasteiger partial charge in [0.05, 0.1) is 12.1 Å². The van der Waals surface area contributed by atoms with E-state index in [1.54, 1.807) is 14.0 Å². The SMILES string of the molecule is C#C[C@H](C[C@@H](C)O)N(C)C=O. The molecule has 62 valence electrons. The monoisotopic (exact) mass is 155 g/mol. The van der Waals surface area contributed by atoms with Crippen LogP contribution in [0.3, 0.4) is 0 Å². The van der Waals surface area contributed by atoms with Gasteiger partial charge in [-0.05, 0) is 6.92 Å². The number of carbonyl (C=O) groups is 1. The topological polar surface area (TPSA) is 40.5 Å². The van der Waals surface area contributed by atoms with Crippen molar-refractivity contribution in [3.8, 4) is 12.3 Å². The molecule has 0 fully saturated rings. The molecule has 0 aliphatic carbocycles. The van der Waals surface area contributed by atoms with Crippen LogP contribution < -0.4 is 0 Å². The van der Waals surface area contributed by atoms with Gasteiger partial charge in [0, 0.05) is 13.5 Å². The lowest BCUT2D eigenvalue weighted by Gasteiger charge is -2.20. The van der Waals surface area contributed by atoms with Gasteiger partial charge in [0.1, 0.15) is 0 Å². The van der Waals surface area contributed by atoms with E-state index in [-0.39, 0.29) is 6.04 Å². The highest BCUT2D eigenvalue weighted by atomic mass is 16.3. The second kappa shape index (κ2) is 4.75. The van der Waals surface area contributed by atoms with Crippen LogP contribution in [0.4, 0.5) is 0 Å². The number of nitrogens with zero attached hydrogens (tertiary/aromatic N) is 1. The summed E-state index contributed by atoms with van der Waals surface area (Å²) in [5.74, 6) is 2.42. The second-order valence-corrected chi connectivity index (χ2v) is 2.54. The van der Waals surface area contributed by atoms with E-state index in [4.69, 9.17) is 11.5 Å². The van der Waals surface area contributed by atoms with Crippen molar-refractivity contribution in [1.29, 1.82) is 0 Å². The van der Waals surface area contributed by atoms with Gasteiger partial charge >= 0.3 is 0 Å². The van der Waals surface area contributed by atoms with Crippen LogP contribution in [0.5, 0.6) is 0 Å². The minimum atomic E-state index is -0.474. The largest absolute Gasteiger partial charge is 0.393 e. The number of aliphatic hydroxyl groups is 1. The molecule has 0 aliphatic rings. The Labute approximate surface area is 67.0 Å². The van der Waals surface area contributed by atoms with Crippen molar-refractivity contribution < 1.29 is 9.90 Å². The summed E-state index contributed by atoms with van der Waals surface area (Å²) < 4.78 is 0. The predicted octanol–water partition coefficient (Wildman–Crippen LogP) is -0.153. The third kappa shape index (κ3) is 3.64. The van der Waals surface area contributed by atoms with Crippen LogP contribution in [0.1, 0.15) is 13.3 Å².